The first kappa shape index (κ1) is 24.0. The van der Waals surface area contributed by atoms with Crippen LogP contribution in [0.15, 0.2) is 0 Å². The largest absolute Gasteiger partial charge is 0.462 e. The summed E-state index contributed by atoms with van der Waals surface area (Å²) >= 11 is 0. The van der Waals surface area contributed by atoms with Gasteiger partial charge in [-0.3, -0.25) is 24.0 Å². The van der Waals surface area contributed by atoms with E-state index in [-0.39, 0.29) is 6.29 Å². The van der Waals surface area contributed by atoms with Gasteiger partial charge in [0, 0.05) is 34.6 Å². The number of carbonyl (C=O) groups excluding carboxylic acids is 6. The molecule has 27 heavy (non-hydrogen) atoms. The fourth-order valence-electron chi connectivity index (χ4n) is 2.12. The molecule has 0 aromatic heterocycles. The molecule has 152 valence electrons. The van der Waals surface area contributed by atoms with Crippen molar-refractivity contribution in [2.45, 2.75) is 59.0 Å². The Morgan fingerprint density at radius 1 is 0.778 bits per heavy atom. The third-order valence-electron chi connectivity index (χ3n) is 2.93. The summed E-state index contributed by atoms with van der Waals surface area (Å²) in [5.74, 6) is -3.87. The maximum atomic E-state index is 11.5. The van der Waals surface area contributed by atoms with E-state index in [2.05, 4.69) is 5.32 Å². The predicted molar refractivity (Wildman–Crippen MR) is 87.0 cm³/mol. The molecule has 0 fully saturated rings. The number of ether oxygens (including phenoxy) is 4. The monoisotopic (exact) mass is 389 g/mol. The Bertz CT molecular complexity index is 588. The van der Waals surface area contributed by atoms with Crippen molar-refractivity contribution < 1.29 is 47.7 Å². The first-order chi connectivity index (χ1) is 12.5. The van der Waals surface area contributed by atoms with E-state index in [1.165, 1.54) is 0 Å². The molecule has 0 rings (SSSR count). The van der Waals surface area contributed by atoms with Gasteiger partial charge in [-0.25, -0.2) is 0 Å². The van der Waals surface area contributed by atoms with Gasteiger partial charge >= 0.3 is 23.9 Å². The van der Waals surface area contributed by atoms with Crippen LogP contribution in [0.1, 0.15) is 34.6 Å². The van der Waals surface area contributed by atoms with Crippen LogP contribution in [0.3, 0.4) is 0 Å². The van der Waals surface area contributed by atoms with Crippen molar-refractivity contribution in [1.82, 2.24) is 5.32 Å². The molecule has 0 aromatic carbocycles. The Balaban J connectivity index is 6.00. The van der Waals surface area contributed by atoms with Crippen LogP contribution in [0.5, 0.6) is 0 Å². The average molecular weight is 389 g/mol. The predicted octanol–water partition coefficient (Wildman–Crippen LogP) is -0.952. The lowest BCUT2D eigenvalue weighted by molar-refractivity contribution is -0.191. The van der Waals surface area contributed by atoms with Gasteiger partial charge in [0.05, 0.1) is 0 Å². The Labute approximate surface area is 155 Å². The molecule has 1 amide bonds. The Kier molecular flexibility index (Phi) is 10.3. The second-order valence-electron chi connectivity index (χ2n) is 5.46. The maximum absolute atomic E-state index is 11.5. The minimum absolute atomic E-state index is 0.266. The van der Waals surface area contributed by atoms with E-state index in [0.717, 1.165) is 34.6 Å². The molecule has 1 N–H and O–H groups in total. The number of amides is 1. The molecule has 0 spiro atoms. The molecule has 0 saturated heterocycles. The molecule has 0 aromatic rings. The zero-order valence-electron chi connectivity index (χ0n) is 15.7. The quantitative estimate of drug-likeness (QED) is 0.281. The summed E-state index contributed by atoms with van der Waals surface area (Å²) < 4.78 is 19.9. The summed E-state index contributed by atoms with van der Waals surface area (Å²) in [5.41, 5.74) is 0. The van der Waals surface area contributed by atoms with Crippen molar-refractivity contribution in [3.05, 3.63) is 0 Å². The lowest BCUT2D eigenvalue weighted by Crippen LogP contribution is -2.57. The number of hydrogen-bond acceptors (Lipinski definition) is 10. The van der Waals surface area contributed by atoms with E-state index < -0.39 is 60.7 Å². The van der Waals surface area contributed by atoms with Gasteiger partial charge < -0.3 is 29.1 Å². The highest BCUT2D eigenvalue weighted by Crippen LogP contribution is 2.17. The summed E-state index contributed by atoms with van der Waals surface area (Å²) in [6, 6.07) is -1.42. The van der Waals surface area contributed by atoms with E-state index in [1.54, 1.807) is 0 Å². The van der Waals surface area contributed by atoms with Crippen molar-refractivity contribution >= 4 is 36.1 Å². The molecular weight excluding hydrogens is 366 g/mol. The molecular formula is C16H23NO10. The molecule has 0 aliphatic heterocycles. The van der Waals surface area contributed by atoms with Crippen LogP contribution >= 0.6 is 0 Å². The van der Waals surface area contributed by atoms with Crippen molar-refractivity contribution in [2.75, 3.05) is 6.61 Å². The van der Waals surface area contributed by atoms with Crippen LogP contribution in [0.2, 0.25) is 0 Å². The van der Waals surface area contributed by atoms with Gasteiger partial charge in [-0.1, -0.05) is 0 Å². The van der Waals surface area contributed by atoms with Crippen molar-refractivity contribution in [1.29, 1.82) is 0 Å². The van der Waals surface area contributed by atoms with Gasteiger partial charge in [-0.05, 0) is 0 Å². The van der Waals surface area contributed by atoms with Crippen LogP contribution in [0.4, 0.5) is 0 Å². The van der Waals surface area contributed by atoms with E-state index in [1.807, 2.05) is 0 Å². The van der Waals surface area contributed by atoms with E-state index in [9.17, 15) is 28.8 Å². The molecule has 0 saturated carbocycles. The molecule has 0 aliphatic rings. The first-order valence-corrected chi connectivity index (χ1v) is 7.85. The van der Waals surface area contributed by atoms with E-state index in [0.29, 0.717) is 0 Å². The van der Waals surface area contributed by atoms with E-state index in [4.69, 9.17) is 18.9 Å². The second-order valence-corrected chi connectivity index (χ2v) is 5.46. The smallest absolute Gasteiger partial charge is 0.303 e. The Morgan fingerprint density at radius 3 is 1.63 bits per heavy atom. The SMILES string of the molecule is CC(=O)NC(C=O)C(OC(C)=O)C(OC(C)=O)C(COC(C)=O)OC(C)=O. The minimum Gasteiger partial charge on any atom is -0.462 e. The number of esters is 4. The Hall–Kier alpha value is -2.98. The number of carbonyl (C=O) groups is 6. The van der Waals surface area contributed by atoms with Gasteiger partial charge in [-0.15, -0.1) is 0 Å². The van der Waals surface area contributed by atoms with Gasteiger partial charge in [0.25, 0.3) is 0 Å². The van der Waals surface area contributed by atoms with Crippen molar-refractivity contribution in [2.24, 2.45) is 0 Å². The van der Waals surface area contributed by atoms with Crippen molar-refractivity contribution in [3.8, 4) is 0 Å². The summed E-state index contributed by atoms with van der Waals surface area (Å²) in [6.45, 7) is 4.78. The van der Waals surface area contributed by atoms with Crippen LogP contribution in [0.25, 0.3) is 0 Å². The third-order valence-corrected chi connectivity index (χ3v) is 2.93. The number of aldehydes is 1. The number of nitrogens with one attached hydrogen (secondary N) is 1. The summed E-state index contributed by atoms with van der Waals surface area (Å²) in [7, 11) is 0. The Morgan fingerprint density at radius 2 is 1.26 bits per heavy atom. The molecule has 0 heterocycles. The third kappa shape index (κ3) is 9.92. The zero-order chi connectivity index (χ0) is 21.1. The topological polar surface area (TPSA) is 151 Å². The summed E-state index contributed by atoms with van der Waals surface area (Å²) in [4.78, 5) is 68.3. The molecule has 11 heteroatoms. The fourth-order valence-corrected chi connectivity index (χ4v) is 2.12. The second kappa shape index (κ2) is 11.6. The lowest BCUT2D eigenvalue weighted by Gasteiger charge is -2.34. The highest BCUT2D eigenvalue weighted by Gasteiger charge is 2.42. The van der Waals surface area contributed by atoms with Gasteiger partial charge in [0.1, 0.15) is 18.9 Å². The van der Waals surface area contributed by atoms with Crippen LogP contribution in [-0.4, -0.2) is 67.0 Å². The van der Waals surface area contributed by atoms with Crippen LogP contribution in [-0.2, 0) is 47.7 Å². The number of rotatable bonds is 10. The fraction of sp³-hybridized carbons (Fsp3) is 0.625. The van der Waals surface area contributed by atoms with Crippen molar-refractivity contribution in [3.63, 3.8) is 0 Å². The first-order valence-electron chi connectivity index (χ1n) is 7.85. The normalized spacial score (nSPS) is 14.6. The highest BCUT2D eigenvalue weighted by atomic mass is 16.6. The van der Waals surface area contributed by atoms with Gasteiger partial charge in [-0.2, -0.15) is 0 Å². The minimum atomic E-state index is -1.55. The molecule has 0 aliphatic carbocycles. The molecule has 4 unspecified atom stereocenters. The molecule has 0 radical (unpaired) electrons. The summed E-state index contributed by atoms with van der Waals surface area (Å²) in [6.07, 6.45) is -4.23. The van der Waals surface area contributed by atoms with Gasteiger partial charge in [0.15, 0.2) is 18.3 Å². The summed E-state index contributed by atoms with van der Waals surface area (Å²) in [5, 5.41) is 2.24. The lowest BCUT2D eigenvalue weighted by atomic mass is 10.0. The highest BCUT2D eigenvalue weighted by molar-refractivity contribution is 5.78. The molecule has 4 atom stereocenters. The van der Waals surface area contributed by atoms with Crippen LogP contribution in [0, 0.1) is 0 Å². The van der Waals surface area contributed by atoms with Gasteiger partial charge in [0.2, 0.25) is 5.91 Å². The van der Waals surface area contributed by atoms with Crippen LogP contribution < -0.4 is 5.32 Å². The number of hydrogen-bond donors (Lipinski definition) is 1. The zero-order valence-corrected chi connectivity index (χ0v) is 15.7. The standard InChI is InChI=1S/C16H23NO10/c1-8(19)17-13(6-18)15(26-11(4)22)16(27-12(5)23)14(25-10(3)21)7-24-9(2)20/h6,13-16H,7H2,1-5H3,(H,17,19). The van der Waals surface area contributed by atoms with E-state index >= 15 is 0 Å². The molecule has 0 bridgehead atoms. The maximum Gasteiger partial charge on any atom is 0.303 e. The molecule has 11 nitrogen and oxygen atoms in total. The average Bonchev–Trinajstić information content (AvgIpc) is 2.51.